The van der Waals surface area contributed by atoms with Crippen molar-refractivity contribution < 1.29 is 29.2 Å². The lowest BCUT2D eigenvalue weighted by Crippen LogP contribution is -2.65. The van der Waals surface area contributed by atoms with Crippen molar-refractivity contribution in [3.8, 4) is 0 Å². The highest BCUT2D eigenvalue weighted by molar-refractivity contribution is 5.66. The van der Waals surface area contributed by atoms with Crippen molar-refractivity contribution in [3.05, 3.63) is 0 Å². The van der Waals surface area contributed by atoms with E-state index in [-0.39, 0.29) is 0 Å². The number of methoxy groups -OCH3 is 1. The molecule has 0 unspecified atom stereocenters. The second kappa shape index (κ2) is 4.67. The van der Waals surface area contributed by atoms with E-state index in [9.17, 15) is 15.0 Å². The lowest BCUT2D eigenvalue weighted by molar-refractivity contribution is -0.317. The lowest BCUT2D eigenvalue weighted by atomic mass is 9.86. The Morgan fingerprint density at radius 1 is 1.50 bits per heavy atom. The monoisotopic (exact) mass is 234 g/mol. The molecule has 0 bridgehead atoms. The minimum Gasteiger partial charge on any atom is -0.457 e. The number of aliphatic hydroxyl groups excluding tert-OH is 1. The highest BCUT2D eigenvalue weighted by Gasteiger charge is 2.53. The van der Waals surface area contributed by atoms with Gasteiger partial charge in [0.15, 0.2) is 12.4 Å². The van der Waals surface area contributed by atoms with E-state index in [0.29, 0.717) is 0 Å². The number of hydrogen-bond acceptors (Lipinski definition) is 6. The molecular weight excluding hydrogens is 216 g/mol. The maximum absolute atomic E-state index is 10.9. The average Bonchev–Trinajstić information content (AvgIpc) is 2.18. The van der Waals surface area contributed by atoms with Gasteiger partial charge in [0, 0.05) is 14.0 Å². The topological polar surface area (TPSA) is 85.2 Å². The van der Waals surface area contributed by atoms with Crippen LogP contribution >= 0.6 is 0 Å². The average molecular weight is 234 g/mol. The molecule has 1 saturated heterocycles. The summed E-state index contributed by atoms with van der Waals surface area (Å²) in [5, 5.41) is 19.9. The van der Waals surface area contributed by atoms with Crippen molar-refractivity contribution in [2.45, 2.75) is 51.0 Å². The molecule has 6 heteroatoms. The summed E-state index contributed by atoms with van der Waals surface area (Å²) in [6.07, 6.45) is -3.70. The van der Waals surface area contributed by atoms with E-state index in [1.165, 1.54) is 21.0 Å². The Morgan fingerprint density at radius 2 is 2.06 bits per heavy atom. The van der Waals surface area contributed by atoms with Crippen LogP contribution in [0.25, 0.3) is 0 Å². The van der Waals surface area contributed by atoms with Crippen LogP contribution < -0.4 is 0 Å². The van der Waals surface area contributed by atoms with Gasteiger partial charge in [0.2, 0.25) is 0 Å². The van der Waals surface area contributed by atoms with Gasteiger partial charge >= 0.3 is 5.97 Å². The molecule has 0 spiro atoms. The molecule has 1 fully saturated rings. The summed E-state index contributed by atoms with van der Waals surface area (Å²) >= 11 is 0. The Labute approximate surface area is 94.1 Å². The molecule has 6 nitrogen and oxygen atoms in total. The molecule has 2 N–H and O–H groups in total. The van der Waals surface area contributed by atoms with Crippen LogP contribution in [0.1, 0.15) is 20.8 Å². The molecule has 0 aliphatic carbocycles. The number of esters is 1. The minimum absolute atomic E-state index is 0.538. The quantitative estimate of drug-likeness (QED) is 0.622. The molecule has 0 aromatic heterocycles. The zero-order valence-corrected chi connectivity index (χ0v) is 9.84. The molecule has 0 radical (unpaired) electrons. The summed E-state index contributed by atoms with van der Waals surface area (Å²) in [5.41, 5.74) is -1.61. The predicted octanol–water partition coefficient (Wildman–Crippen LogP) is -0.579. The van der Waals surface area contributed by atoms with Gasteiger partial charge < -0.3 is 24.4 Å². The van der Waals surface area contributed by atoms with Crippen molar-refractivity contribution >= 4 is 5.97 Å². The predicted molar refractivity (Wildman–Crippen MR) is 53.5 cm³/mol. The summed E-state index contributed by atoms with van der Waals surface area (Å²) < 4.78 is 15.1. The van der Waals surface area contributed by atoms with Crippen molar-refractivity contribution in [1.82, 2.24) is 0 Å². The maximum Gasteiger partial charge on any atom is 0.303 e. The van der Waals surface area contributed by atoms with Crippen molar-refractivity contribution in [2.24, 2.45) is 0 Å². The van der Waals surface area contributed by atoms with Crippen LogP contribution in [0, 0.1) is 0 Å². The number of carbonyl (C=O) groups is 1. The molecule has 0 aromatic carbocycles. The first-order valence-electron chi connectivity index (χ1n) is 5.06. The van der Waals surface area contributed by atoms with E-state index in [4.69, 9.17) is 14.2 Å². The van der Waals surface area contributed by atoms with Crippen molar-refractivity contribution in [1.29, 1.82) is 0 Å². The van der Waals surface area contributed by atoms with E-state index < -0.39 is 36.2 Å². The van der Waals surface area contributed by atoms with Gasteiger partial charge in [0.25, 0.3) is 0 Å². The minimum atomic E-state index is -1.61. The SMILES string of the molecule is CO[C@@H]1O[C@@H](C)[C@H](OC(C)=O)[C@@](C)(O)[C@H]1O. The van der Waals surface area contributed by atoms with Crippen molar-refractivity contribution in [2.75, 3.05) is 7.11 Å². The molecule has 0 aromatic rings. The van der Waals surface area contributed by atoms with E-state index in [2.05, 4.69) is 0 Å². The third-order valence-electron chi connectivity index (χ3n) is 2.73. The van der Waals surface area contributed by atoms with E-state index in [1.54, 1.807) is 6.92 Å². The van der Waals surface area contributed by atoms with E-state index >= 15 is 0 Å². The highest BCUT2D eigenvalue weighted by atomic mass is 16.7. The molecular formula is C10H18O6. The molecule has 0 saturated carbocycles. The van der Waals surface area contributed by atoms with E-state index in [1.807, 2.05) is 0 Å². The Kier molecular flexibility index (Phi) is 3.90. The molecule has 1 aliphatic rings. The zero-order valence-electron chi connectivity index (χ0n) is 9.84. The lowest BCUT2D eigenvalue weighted by Gasteiger charge is -2.46. The summed E-state index contributed by atoms with van der Waals surface area (Å²) in [6.45, 7) is 4.26. The van der Waals surface area contributed by atoms with Crippen LogP contribution in [0.5, 0.6) is 0 Å². The molecule has 1 aliphatic heterocycles. The first kappa shape index (κ1) is 13.4. The summed E-state index contributed by atoms with van der Waals surface area (Å²) in [4.78, 5) is 10.9. The van der Waals surface area contributed by atoms with Gasteiger partial charge in [-0.1, -0.05) is 0 Å². The smallest absolute Gasteiger partial charge is 0.303 e. The van der Waals surface area contributed by atoms with Gasteiger partial charge in [0.05, 0.1) is 6.10 Å². The standard InChI is InChI=1S/C10H18O6/c1-5-8(16-6(2)11)10(3,13)7(12)9(14-4)15-5/h5,7-9,12-13H,1-4H3/t5-,7-,8-,9+,10-/m0/s1. The summed E-state index contributed by atoms with van der Waals surface area (Å²) in [5.74, 6) is -0.538. The second-order valence-electron chi connectivity index (χ2n) is 4.15. The number of ether oxygens (including phenoxy) is 3. The van der Waals surface area contributed by atoms with E-state index in [0.717, 1.165) is 0 Å². The number of carbonyl (C=O) groups excluding carboxylic acids is 1. The van der Waals surface area contributed by atoms with Gasteiger partial charge in [-0.3, -0.25) is 4.79 Å². The summed E-state index contributed by atoms with van der Waals surface area (Å²) in [6, 6.07) is 0. The molecule has 5 atom stereocenters. The third-order valence-corrected chi connectivity index (χ3v) is 2.73. The van der Waals surface area contributed by atoms with Crippen LogP contribution in [-0.2, 0) is 19.0 Å². The summed E-state index contributed by atoms with van der Waals surface area (Å²) in [7, 11) is 1.36. The Bertz CT molecular complexity index is 264. The van der Waals surface area contributed by atoms with Gasteiger partial charge in [-0.2, -0.15) is 0 Å². The third kappa shape index (κ3) is 2.35. The first-order valence-corrected chi connectivity index (χ1v) is 5.06. The fourth-order valence-corrected chi connectivity index (χ4v) is 1.85. The van der Waals surface area contributed by atoms with Gasteiger partial charge in [0.1, 0.15) is 11.7 Å². The van der Waals surface area contributed by atoms with Crippen molar-refractivity contribution in [3.63, 3.8) is 0 Å². The molecule has 94 valence electrons. The maximum atomic E-state index is 10.9. The molecule has 16 heavy (non-hydrogen) atoms. The second-order valence-corrected chi connectivity index (χ2v) is 4.15. The fraction of sp³-hybridized carbons (Fsp3) is 0.900. The van der Waals surface area contributed by atoms with Crippen LogP contribution in [0.2, 0.25) is 0 Å². The molecule has 1 heterocycles. The van der Waals surface area contributed by atoms with Gasteiger partial charge in [-0.05, 0) is 13.8 Å². The normalized spacial score (nSPS) is 44.1. The molecule has 1 rings (SSSR count). The number of aliphatic hydroxyl groups is 2. The Balaban J connectivity index is 2.89. The Morgan fingerprint density at radius 3 is 2.50 bits per heavy atom. The fourth-order valence-electron chi connectivity index (χ4n) is 1.85. The van der Waals surface area contributed by atoms with Crippen LogP contribution in [0.4, 0.5) is 0 Å². The first-order chi connectivity index (χ1) is 7.30. The Hall–Kier alpha value is -0.690. The molecule has 0 amide bonds. The van der Waals surface area contributed by atoms with Crippen LogP contribution in [-0.4, -0.2) is 53.5 Å². The van der Waals surface area contributed by atoms with Crippen LogP contribution in [0.3, 0.4) is 0 Å². The number of rotatable bonds is 2. The highest BCUT2D eigenvalue weighted by Crippen LogP contribution is 2.31. The van der Waals surface area contributed by atoms with Crippen LogP contribution in [0.15, 0.2) is 0 Å². The number of hydrogen-bond donors (Lipinski definition) is 2. The van der Waals surface area contributed by atoms with Gasteiger partial charge in [-0.25, -0.2) is 0 Å². The zero-order chi connectivity index (χ0) is 12.5. The van der Waals surface area contributed by atoms with Gasteiger partial charge in [-0.15, -0.1) is 0 Å². The largest absolute Gasteiger partial charge is 0.457 e.